The van der Waals surface area contributed by atoms with Crippen LogP contribution < -0.4 is 0 Å². The zero-order valence-corrected chi connectivity index (χ0v) is 12.6. The zero-order valence-electron chi connectivity index (χ0n) is 12.6. The van der Waals surface area contributed by atoms with Crippen LogP contribution >= 0.6 is 0 Å². The third-order valence-electron chi connectivity index (χ3n) is 3.89. The lowest BCUT2D eigenvalue weighted by Crippen LogP contribution is -2.18. The standard InChI is InChI=1S/C16H18O6/c1-19-15(17)12-4-3-9(5-10-7-21-10)13(6-11-8-22-11)14(12)16(18)20-2/h3-4,10-11H,5-8H2,1-2H3. The highest BCUT2D eigenvalue weighted by Crippen LogP contribution is 2.29. The van der Waals surface area contributed by atoms with Crippen LogP contribution in [-0.2, 0) is 31.8 Å². The quantitative estimate of drug-likeness (QED) is 0.579. The molecule has 118 valence electrons. The molecular weight excluding hydrogens is 288 g/mol. The second-order valence-corrected chi connectivity index (χ2v) is 5.43. The van der Waals surface area contributed by atoms with Crippen LogP contribution in [0.4, 0.5) is 0 Å². The molecule has 6 heteroatoms. The number of carbonyl (C=O) groups is 2. The highest BCUT2D eigenvalue weighted by atomic mass is 16.6. The van der Waals surface area contributed by atoms with Crippen LogP contribution in [0.15, 0.2) is 12.1 Å². The van der Waals surface area contributed by atoms with Gasteiger partial charge in [-0.1, -0.05) is 6.07 Å². The predicted molar refractivity (Wildman–Crippen MR) is 76.0 cm³/mol. The molecule has 3 rings (SSSR count). The average molecular weight is 306 g/mol. The van der Waals surface area contributed by atoms with Crippen molar-refractivity contribution >= 4 is 11.9 Å². The largest absolute Gasteiger partial charge is 0.465 e. The van der Waals surface area contributed by atoms with E-state index in [1.54, 1.807) is 6.07 Å². The molecule has 2 fully saturated rings. The van der Waals surface area contributed by atoms with Gasteiger partial charge in [-0.05, 0) is 17.2 Å². The Morgan fingerprint density at radius 1 is 1.05 bits per heavy atom. The summed E-state index contributed by atoms with van der Waals surface area (Å²) in [5, 5.41) is 0. The Balaban J connectivity index is 2.07. The molecular formula is C16H18O6. The summed E-state index contributed by atoms with van der Waals surface area (Å²) in [5.41, 5.74) is 2.30. The van der Waals surface area contributed by atoms with Gasteiger partial charge in [-0.2, -0.15) is 0 Å². The number of hydrogen-bond donors (Lipinski definition) is 0. The van der Waals surface area contributed by atoms with E-state index in [0.29, 0.717) is 19.4 Å². The molecule has 2 aliphatic heterocycles. The van der Waals surface area contributed by atoms with Crippen molar-refractivity contribution in [2.24, 2.45) is 0 Å². The molecule has 2 aliphatic rings. The monoisotopic (exact) mass is 306 g/mol. The molecule has 0 radical (unpaired) electrons. The molecule has 0 aliphatic carbocycles. The number of rotatable bonds is 6. The zero-order chi connectivity index (χ0) is 15.7. The summed E-state index contributed by atoms with van der Waals surface area (Å²) in [4.78, 5) is 24.2. The van der Waals surface area contributed by atoms with Crippen LogP contribution in [0, 0.1) is 0 Å². The molecule has 0 amide bonds. The normalized spacial score (nSPS) is 22.1. The van der Waals surface area contributed by atoms with E-state index >= 15 is 0 Å². The lowest BCUT2D eigenvalue weighted by molar-refractivity contribution is 0.0554. The average Bonchev–Trinajstić information content (AvgIpc) is 3.42. The summed E-state index contributed by atoms with van der Waals surface area (Å²) in [6.07, 6.45) is 1.58. The summed E-state index contributed by atoms with van der Waals surface area (Å²) in [6, 6.07) is 3.48. The molecule has 1 aromatic rings. The van der Waals surface area contributed by atoms with E-state index in [-0.39, 0.29) is 23.3 Å². The van der Waals surface area contributed by atoms with Gasteiger partial charge in [0.05, 0.1) is 50.8 Å². The molecule has 0 saturated carbocycles. The minimum Gasteiger partial charge on any atom is -0.465 e. The Hall–Kier alpha value is -1.92. The summed E-state index contributed by atoms with van der Waals surface area (Å²) in [6.45, 7) is 1.40. The van der Waals surface area contributed by atoms with Crippen LogP contribution in [0.2, 0.25) is 0 Å². The van der Waals surface area contributed by atoms with Crippen molar-refractivity contribution in [2.75, 3.05) is 27.4 Å². The lowest BCUT2D eigenvalue weighted by Gasteiger charge is -2.15. The molecule has 0 bridgehead atoms. The fraction of sp³-hybridized carbons (Fsp3) is 0.500. The molecule has 1 aromatic carbocycles. The van der Waals surface area contributed by atoms with Crippen molar-refractivity contribution in [3.05, 3.63) is 34.4 Å². The van der Waals surface area contributed by atoms with E-state index in [1.807, 2.05) is 6.07 Å². The second kappa shape index (κ2) is 6.06. The smallest absolute Gasteiger partial charge is 0.339 e. The first-order valence-corrected chi connectivity index (χ1v) is 7.18. The third kappa shape index (κ3) is 3.13. The topological polar surface area (TPSA) is 77.7 Å². The number of methoxy groups -OCH3 is 2. The van der Waals surface area contributed by atoms with Crippen molar-refractivity contribution < 1.29 is 28.5 Å². The minimum absolute atomic E-state index is 0.0928. The highest BCUT2D eigenvalue weighted by molar-refractivity contribution is 6.04. The van der Waals surface area contributed by atoms with Gasteiger partial charge in [0.15, 0.2) is 0 Å². The Morgan fingerprint density at radius 2 is 1.64 bits per heavy atom. The van der Waals surface area contributed by atoms with E-state index in [1.165, 1.54) is 14.2 Å². The number of carbonyl (C=O) groups excluding carboxylic acids is 2. The van der Waals surface area contributed by atoms with Crippen LogP contribution in [0.25, 0.3) is 0 Å². The minimum atomic E-state index is -0.549. The number of hydrogen-bond acceptors (Lipinski definition) is 6. The van der Waals surface area contributed by atoms with Crippen molar-refractivity contribution in [3.8, 4) is 0 Å². The number of esters is 2. The van der Waals surface area contributed by atoms with Gasteiger partial charge in [0.25, 0.3) is 0 Å². The number of benzene rings is 1. The number of epoxide rings is 2. The first kappa shape index (κ1) is 15.0. The van der Waals surface area contributed by atoms with Crippen molar-refractivity contribution in [1.82, 2.24) is 0 Å². The van der Waals surface area contributed by atoms with E-state index in [9.17, 15) is 9.59 Å². The Kier molecular flexibility index (Phi) is 4.13. The van der Waals surface area contributed by atoms with Crippen molar-refractivity contribution in [1.29, 1.82) is 0 Å². The van der Waals surface area contributed by atoms with E-state index in [0.717, 1.165) is 17.7 Å². The Morgan fingerprint density at radius 3 is 2.18 bits per heavy atom. The van der Waals surface area contributed by atoms with Crippen molar-refractivity contribution in [3.63, 3.8) is 0 Å². The first-order valence-electron chi connectivity index (χ1n) is 7.18. The molecule has 2 atom stereocenters. The van der Waals surface area contributed by atoms with Crippen LogP contribution in [0.3, 0.4) is 0 Å². The Bertz CT molecular complexity index is 601. The second-order valence-electron chi connectivity index (χ2n) is 5.43. The van der Waals surface area contributed by atoms with Gasteiger partial charge in [0.2, 0.25) is 0 Å². The lowest BCUT2D eigenvalue weighted by atomic mass is 9.90. The SMILES string of the molecule is COC(=O)c1ccc(CC2CO2)c(CC2CO2)c1C(=O)OC. The van der Waals surface area contributed by atoms with Gasteiger partial charge in [0, 0.05) is 12.8 Å². The maximum absolute atomic E-state index is 12.2. The van der Waals surface area contributed by atoms with E-state index in [2.05, 4.69) is 0 Å². The van der Waals surface area contributed by atoms with Crippen LogP contribution in [-0.4, -0.2) is 51.6 Å². The molecule has 0 N–H and O–H groups in total. The van der Waals surface area contributed by atoms with Gasteiger partial charge < -0.3 is 18.9 Å². The molecule has 0 spiro atoms. The van der Waals surface area contributed by atoms with Crippen LogP contribution in [0.1, 0.15) is 31.8 Å². The summed E-state index contributed by atoms with van der Waals surface area (Å²) < 4.78 is 20.2. The summed E-state index contributed by atoms with van der Waals surface area (Å²) >= 11 is 0. The van der Waals surface area contributed by atoms with Crippen molar-refractivity contribution in [2.45, 2.75) is 25.0 Å². The van der Waals surface area contributed by atoms with Gasteiger partial charge in [-0.25, -0.2) is 9.59 Å². The van der Waals surface area contributed by atoms with Gasteiger partial charge in [0.1, 0.15) is 0 Å². The molecule has 2 unspecified atom stereocenters. The van der Waals surface area contributed by atoms with Gasteiger partial charge >= 0.3 is 11.9 Å². The van der Waals surface area contributed by atoms with Gasteiger partial charge in [-0.3, -0.25) is 0 Å². The van der Waals surface area contributed by atoms with E-state index < -0.39 is 11.9 Å². The van der Waals surface area contributed by atoms with Crippen LogP contribution in [0.5, 0.6) is 0 Å². The highest BCUT2D eigenvalue weighted by Gasteiger charge is 2.32. The fourth-order valence-corrected chi connectivity index (χ4v) is 2.58. The van der Waals surface area contributed by atoms with E-state index in [4.69, 9.17) is 18.9 Å². The molecule has 6 nitrogen and oxygen atoms in total. The maximum atomic E-state index is 12.2. The summed E-state index contributed by atoms with van der Waals surface area (Å²) in [7, 11) is 2.59. The first-order chi connectivity index (χ1) is 10.6. The maximum Gasteiger partial charge on any atom is 0.339 e. The molecule has 2 saturated heterocycles. The third-order valence-corrected chi connectivity index (χ3v) is 3.89. The predicted octanol–water partition coefficient (Wildman–Crippen LogP) is 1.14. The molecule has 0 aromatic heterocycles. The summed E-state index contributed by atoms with van der Waals surface area (Å²) in [5.74, 6) is -1.08. The Labute approximate surface area is 128 Å². The van der Waals surface area contributed by atoms with Gasteiger partial charge in [-0.15, -0.1) is 0 Å². The molecule has 22 heavy (non-hydrogen) atoms. The fourth-order valence-electron chi connectivity index (χ4n) is 2.58. The molecule has 2 heterocycles. The number of ether oxygens (including phenoxy) is 4.